The van der Waals surface area contributed by atoms with Gasteiger partial charge in [-0.05, 0) is 43.9 Å². The van der Waals surface area contributed by atoms with Crippen LogP contribution in [0.2, 0.25) is 0 Å². The highest BCUT2D eigenvalue weighted by Gasteiger charge is 2.38. The van der Waals surface area contributed by atoms with Crippen LogP contribution in [0.5, 0.6) is 11.5 Å². The third kappa shape index (κ3) is 3.73. The number of methoxy groups -OCH3 is 1. The molecule has 1 aromatic rings. The van der Waals surface area contributed by atoms with E-state index >= 15 is 0 Å². The first kappa shape index (κ1) is 19.8. The molecule has 1 aromatic carbocycles. The topological polar surface area (TPSA) is 60.4 Å². The number of nitrogens with zero attached hydrogens (tertiary/aromatic N) is 2. The van der Waals surface area contributed by atoms with Gasteiger partial charge in [-0.1, -0.05) is 27.7 Å². The predicted molar refractivity (Wildman–Crippen MR) is 110 cm³/mol. The molecule has 8 heteroatoms. The van der Waals surface area contributed by atoms with Gasteiger partial charge in [-0.2, -0.15) is 0 Å². The fourth-order valence-electron chi connectivity index (χ4n) is 3.06. The highest BCUT2D eigenvalue weighted by molar-refractivity contribution is 9.10. The molecule has 0 aromatic heterocycles. The fourth-order valence-corrected chi connectivity index (χ4v) is 4.39. The van der Waals surface area contributed by atoms with Crippen LogP contribution in [0.1, 0.15) is 32.4 Å². The van der Waals surface area contributed by atoms with Gasteiger partial charge in [0.25, 0.3) is 0 Å². The average Bonchev–Trinajstić information content (AvgIpc) is 3.10. The molecule has 3 rings (SSSR count). The number of fused-ring (bicyclic) bond motifs is 1. The third-order valence-electron chi connectivity index (χ3n) is 4.19. The van der Waals surface area contributed by atoms with Crippen molar-refractivity contribution in [2.45, 2.75) is 26.8 Å². The SMILES string of the molecule is CCOC(=O)C1=C(C)N=C2SC=CN2[C@@H]1c1cc(OCC)c(OC)cc1Br. The summed E-state index contributed by atoms with van der Waals surface area (Å²) in [5.74, 6) is 0.884. The van der Waals surface area contributed by atoms with Crippen LogP contribution in [0.15, 0.2) is 44.5 Å². The van der Waals surface area contributed by atoms with E-state index < -0.39 is 0 Å². The summed E-state index contributed by atoms with van der Waals surface area (Å²) in [7, 11) is 1.60. The molecule has 144 valence electrons. The normalized spacial score (nSPS) is 18.3. The van der Waals surface area contributed by atoms with Crippen LogP contribution in [0.25, 0.3) is 0 Å². The van der Waals surface area contributed by atoms with Gasteiger partial charge in [-0.3, -0.25) is 0 Å². The van der Waals surface area contributed by atoms with Gasteiger partial charge in [-0.25, -0.2) is 9.79 Å². The molecular formula is C19H21BrN2O4S. The number of ether oxygens (including phenoxy) is 3. The number of hydrogen-bond donors (Lipinski definition) is 0. The predicted octanol–water partition coefficient (Wildman–Crippen LogP) is 4.62. The first-order valence-electron chi connectivity index (χ1n) is 8.60. The van der Waals surface area contributed by atoms with Crippen molar-refractivity contribution in [1.29, 1.82) is 0 Å². The van der Waals surface area contributed by atoms with Gasteiger partial charge in [-0.15, -0.1) is 0 Å². The number of halogens is 1. The average molecular weight is 453 g/mol. The van der Waals surface area contributed by atoms with E-state index in [4.69, 9.17) is 14.2 Å². The Kier molecular flexibility index (Phi) is 6.16. The van der Waals surface area contributed by atoms with Gasteiger partial charge in [0.05, 0.1) is 37.6 Å². The first-order chi connectivity index (χ1) is 13.0. The van der Waals surface area contributed by atoms with Crippen LogP contribution < -0.4 is 9.47 Å². The van der Waals surface area contributed by atoms with Crippen LogP contribution in [-0.2, 0) is 9.53 Å². The lowest BCUT2D eigenvalue weighted by Crippen LogP contribution is -2.34. The molecule has 0 saturated heterocycles. The zero-order valence-electron chi connectivity index (χ0n) is 15.6. The van der Waals surface area contributed by atoms with Crippen molar-refractivity contribution in [2.75, 3.05) is 20.3 Å². The van der Waals surface area contributed by atoms with Crippen molar-refractivity contribution in [1.82, 2.24) is 4.90 Å². The summed E-state index contributed by atoms with van der Waals surface area (Å²) in [5, 5.41) is 2.78. The monoisotopic (exact) mass is 452 g/mol. The number of amidine groups is 1. The van der Waals surface area contributed by atoms with Crippen LogP contribution in [0, 0.1) is 0 Å². The Bertz CT molecular complexity index is 850. The van der Waals surface area contributed by atoms with Crippen molar-refractivity contribution in [3.05, 3.63) is 45.0 Å². The lowest BCUT2D eigenvalue weighted by atomic mass is 9.94. The van der Waals surface area contributed by atoms with E-state index in [0.29, 0.717) is 36.0 Å². The van der Waals surface area contributed by atoms with Crippen molar-refractivity contribution in [3.8, 4) is 11.5 Å². The van der Waals surface area contributed by atoms with Crippen molar-refractivity contribution >= 4 is 38.8 Å². The Morgan fingerprint density at radius 1 is 1.30 bits per heavy atom. The second kappa shape index (κ2) is 8.39. The van der Waals surface area contributed by atoms with Gasteiger partial charge in [0.15, 0.2) is 16.7 Å². The van der Waals surface area contributed by atoms with Gasteiger partial charge in [0, 0.05) is 10.7 Å². The van der Waals surface area contributed by atoms with Crippen molar-refractivity contribution in [2.24, 2.45) is 4.99 Å². The number of rotatable bonds is 6. The van der Waals surface area contributed by atoms with Gasteiger partial charge in [0.1, 0.15) is 0 Å². The summed E-state index contributed by atoms with van der Waals surface area (Å²) in [5.41, 5.74) is 2.05. The molecule has 6 nitrogen and oxygen atoms in total. The number of carbonyl (C=O) groups is 1. The molecule has 2 heterocycles. The fraction of sp³-hybridized carbons (Fsp3) is 0.368. The smallest absolute Gasteiger partial charge is 0.338 e. The summed E-state index contributed by atoms with van der Waals surface area (Å²) in [6.07, 6.45) is 1.93. The first-order valence-corrected chi connectivity index (χ1v) is 10.3. The number of hydrogen-bond acceptors (Lipinski definition) is 7. The molecule has 27 heavy (non-hydrogen) atoms. The molecule has 0 bridgehead atoms. The van der Waals surface area contributed by atoms with E-state index in [-0.39, 0.29) is 12.0 Å². The highest BCUT2D eigenvalue weighted by Crippen LogP contribution is 2.46. The molecule has 2 aliphatic rings. The summed E-state index contributed by atoms with van der Waals surface area (Å²) in [4.78, 5) is 19.3. The lowest BCUT2D eigenvalue weighted by Gasteiger charge is -2.34. The number of esters is 1. The molecule has 0 spiro atoms. The Morgan fingerprint density at radius 2 is 2.07 bits per heavy atom. The number of thioether (sulfide) groups is 1. The zero-order chi connectivity index (χ0) is 19.6. The third-order valence-corrected chi connectivity index (χ3v) is 5.65. The molecule has 0 amide bonds. The summed E-state index contributed by atoms with van der Waals surface area (Å²) < 4.78 is 17.3. The van der Waals surface area contributed by atoms with E-state index in [0.717, 1.165) is 15.2 Å². The number of aliphatic imine (C=N–C) groups is 1. The molecule has 0 radical (unpaired) electrons. The minimum atomic E-state index is -0.373. The Morgan fingerprint density at radius 3 is 2.74 bits per heavy atom. The van der Waals surface area contributed by atoms with Crippen LogP contribution >= 0.6 is 27.7 Å². The Labute approximate surface area is 171 Å². The van der Waals surface area contributed by atoms with Crippen molar-refractivity contribution < 1.29 is 19.0 Å². The van der Waals surface area contributed by atoms with E-state index in [2.05, 4.69) is 20.9 Å². The minimum absolute atomic E-state index is 0.303. The maximum absolute atomic E-state index is 12.7. The second-order valence-electron chi connectivity index (χ2n) is 5.78. The standard InChI is InChI=1S/C19H21BrN2O4S/c1-5-25-15-9-12(13(20)10-14(15)24-4)17-16(18(23)26-6-2)11(3)21-19-22(17)7-8-27-19/h7-10,17H,5-6H2,1-4H3/t17-/m1/s1. The van der Waals surface area contributed by atoms with Crippen LogP contribution in [-0.4, -0.2) is 36.4 Å². The molecule has 0 unspecified atom stereocenters. The molecule has 1 atom stereocenters. The van der Waals surface area contributed by atoms with E-state index in [9.17, 15) is 4.79 Å². The quantitative estimate of drug-likeness (QED) is 0.586. The van der Waals surface area contributed by atoms with Gasteiger partial charge in [0.2, 0.25) is 0 Å². The van der Waals surface area contributed by atoms with E-state index in [1.54, 1.807) is 14.0 Å². The summed E-state index contributed by atoms with van der Waals surface area (Å²) in [6.45, 7) is 6.36. The molecule has 2 aliphatic heterocycles. The van der Waals surface area contributed by atoms with Gasteiger partial charge >= 0.3 is 5.97 Å². The number of allylic oxidation sites excluding steroid dienone is 1. The molecule has 0 fully saturated rings. The number of benzene rings is 1. The van der Waals surface area contributed by atoms with Gasteiger partial charge < -0.3 is 19.1 Å². The van der Waals surface area contributed by atoms with Crippen LogP contribution in [0.4, 0.5) is 0 Å². The Hall–Kier alpha value is -1.93. The minimum Gasteiger partial charge on any atom is -0.493 e. The second-order valence-corrected chi connectivity index (χ2v) is 7.51. The van der Waals surface area contributed by atoms with E-state index in [1.165, 1.54) is 11.8 Å². The zero-order valence-corrected chi connectivity index (χ0v) is 18.0. The largest absolute Gasteiger partial charge is 0.493 e. The molecule has 0 N–H and O–H groups in total. The Balaban J connectivity index is 2.17. The molecular weight excluding hydrogens is 432 g/mol. The summed E-state index contributed by atoms with van der Waals surface area (Å²) in [6, 6.07) is 3.39. The molecule has 0 aliphatic carbocycles. The van der Waals surface area contributed by atoms with Crippen LogP contribution in [0.3, 0.4) is 0 Å². The number of carbonyl (C=O) groups excluding carboxylic acids is 1. The van der Waals surface area contributed by atoms with Crippen molar-refractivity contribution in [3.63, 3.8) is 0 Å². The summed E-state index contributed by atoms with van der Waals surface area (Å²) >= 11 is 5.16. The maximum Gasteiger partial charge on any atom is 0.338 e. The molecule has 0 saturated carbocycles. The van der Waals surface area contributed by atoms with E-state index in [1.807, 2.05) is 42.5 Å². The lowest BCUT2D eigenvalue weighted by molar-refractivity contribution is -0.139. The highest BCUT2D eigenvalue weighted by atomic mass is 79.9. The maximum atomic E-state index is 12.7.